The first-order valence-corrected chi connectivity index (χ1v) is 8.15. The Bertz CT molecular complexity index is 915. The van der Waals surface area contributed by atoms with Crippen LogP contribution in [-0.2, 0) is 13.0 Å². The molecule has 3 aromatic rings. The van der Waals surface area contributed by atoms with Gasteiger partial charge in [0.25, 0.3) is 11.8 Å². The Labute approximate surface area is 145 Å². The molecule has 0 spiro atoms. The lowest BCUT2D eigenvalue weighted by Gasteiger charge is -2.08. The molecule has 0 radical (unpaired) electrons. The number of carbonyl (C=O) groups is 2. The highest BCUT2D eigenvalue weighted by Gasteiger charge is 2.11. The maximum absolute atomic E-state index is 12.2. The lowest BCUT2D eigenvalue weighted by atomic mass is 10.1. The van der Waals surface area contributed by atoms with Crippen molar-refractivity contribution in [3.05, 3.63) is 59.2 Å². The van der Waals surface area contributed by atoms with Crippen LogP contribution in [0.25, 0.3) is 11.0 Å². The Kier molecular flexibility index (Phi) is 4.74. The monoisotopic (exact) mass is 337 g/mol. The molecule has 0 saturated heterocycles. The lowest BCUT2D eigenvalue weighted by molar-refractivity contribution is 0.0847. The Morgan fingerprint density at radius 1 is 0.960 bits per heavy atom. The molecule has 3 rings (SSSR count). The summed E-state index contributed by atoms with van der Waals surface area (Å²) >= 11 is 0. The summed E-state index contributed by atoms with van der Waals surface area (Å²) in [5, 5.41) is 8.04. The van der Waals surface area contributed by atoms with Crippen LogP contribution < -0.4 is 10.9 Å². The van der Waals surface area contributed by atoms with Gasteiger partial charge in [-0.3, -0.25) is 20.4 Å². The van der Waals surface area contributed by atoms with Crippen molar-refractivity contribution in [3.8, 4) is 0 Å². The predicted octanol–water partition coefficient (Wildman–Crippen LogP) is 2.09. The van der Waals surface area contributed by atoms with E-state index in [-0.39, 0.29) is 5.91 Å². The van der Waals surface area contributed by atoms with Crippen molar-refractivity contribution in [2.24, 2.45) is 0 Å². The molecular weight excluding hydrogens is 318 g/mol. The molecule has 0 unspecified atom stereocenters. The predicted molar refractivity (Wildman–Crippen MR) is 94.0 cm³/mol. The van der Waals surface area contributed by atoms with Gasteiger partial charge in [0, 0.05) is 17.7 Å². The summed E-state index contributed by atoms with van der Waals surface area (Å²) in [6, 6.07) is 12.4. The second-order valence-corrected chi connectivity index (χ2v) is 5.57. The van der Waals surface area contributed by atoms with E-state index in [9.17, 15) is 9.59 Å². The largest absolute Gasteiger partial charge is 0.269 e. The molecule has 0 aliphatic heterocycles. The Morgan fingerprint density at radius 2 is 1.60 bits per heavy atom. The molecule has 2 N–H and O–H groups in total. The highest BCUT2D eigenvalue weighted by Crippen LogP contribution is 2.13. The maximum Gasteiger partial charge on any atom is 0.269 e. The van der Waals surface area contributed by atoms with Crippen LogP contribution in [0, 0.1) is 0 Å². The molecule has 1 heterocycles. The molecule has 128 valence electrons. The number of rotatable bonds is 4. The van der Waals surface area contributed by atoms with Gasteiger partial charge in [-0.05, 0) is 49.2 Å². The van der Waals surface area contributed by atoms with E-state index in [2.05, 4.69) is 21.2 Å². The fourth-order valence-corrected chi connectivity index (χ4v) is 2.50. The smallest absolute Gasteiger partial charge is 0.267 e. The number of carbonyl (C=O) groups excluding carboxylic acids is 2. The number of hydrogen-bond donors (Lipinski definition) is 2. The molecule has 25 heavy (non-hydrogen) atoms. The molecule has 2 aromatic carbocycles. The van der Waals surface area contributed by atoms with E-state index < -0.39 is 5.91 Å². The summed E-state index contributed by atoms with van der Waals surface area (Å²) in [5.74, 6) is -0.777. The van der Waals surface area contributed by atoms with Crippen LogP contribution in [0.3, 0.4) is 0 Å². The Balaban J connectivity index is 1.66. The Morgan fingerprint density at radius 3 is 2.24 bits per heavy atom. The van der Waals surface area contributed by atoms with Crippen LogP contribution in [-0.4, -0.2) is 26.8 Å². The number of hydrogen-bond acceptors (Lipinski definition) is 4. The number of aromatic nitrogens is 3. The molecule has 2 amide bonds. The van der Waals surface area contributed by atoms with Crippen molar-refractivity contribution in [2.75, 3.05) is 0 Å². The molecule has 0 aliphatic carbocycles. The van der Waals surface area contributed by atoms with Crippen molar-refractivity contribution >= 4 is 22.8 Å². The van der Waals surface area contributed by atoms with E-state index in [0.717, 1.165) is 17.5 Å². The van der Waals surface area contributed by atoms with Gasteiger partial charge in [0.1, 0.15) is 5.52 Å². The third-order valence-electron chi connectivity index (χ3n) is 3.99. The molecule has 7 heteroatoms. The van der Waals surface area contributed by atoms with E-state index in [1.54, 1.807) is 35.0 Å². The maximum atomic E-state index is 12.2. The first kappa shape index (κ1) is 16.6. The van der Waals surface area contributed by atoms with Crippen molar-refractivity contribution < 1.29 is 9.59 Å². The molecular formula is C18H19N5O2. The van der Waals surface area contributed by atoms with Gasteiger partial charge in [-0.1, -0.05) is 24.3 Å². The molecule has 0 atom stereocenters. The van der Waals surface area contributed by atoms with E-state index in [1.165, 1.54) is 0 Å². The third-order valence-corrected chi connectivity index (χ3v) is 3.99. The van der Waals surface area contributed by atoms with Crippen LogP contribution in [0.5, 0.6) is 0 Å². The lowest BCUT2D eigenvalue weighted by Crippen LogP contribution is -2.41. The summed E-state index contributed by atoms with van der Waals surface area (Å²) in [6.07, 6.45) is 0.907. The van der Waals surface area contributed by atoms with Gasteiger partial charge in [-0.15, -0.1) is 5.10 Å². The van der Waals surface area contributed by atoms with Crippen LogP contribution in [0.1, 0.15) is 40.1 Å². The van der Waals surface area contributed by atoms with Crippen molar-refractivity contribution in [1.82, 2.24) is 25.8 Å². The Hall–Kier alpha value is -3.22. The number of aryl methyl sites for hydroxylation is 2. The van der Waals surface area contributed by atoms with Crippen LogP contribution >= 0.6 is 0 Å². The van der Waals surface area contributed by atoms with Gasteiger partial charge >= 0.3 is 0 Å². The molecule has 1 aromatic heterocycles. The number of benzene rings is 2. The molecule has 7 nitrogen and oxygen atoms in total. The molecule has 0 bridgehead atoms. The van der Waals surface area contributed by atoms with E-state index in [1.807, 2.05) is 26.0 Å². The molecule has 0 saturated carbocycles. The van der Waals surface area contributed by atoms with Crippen molar-refractivity contribution in [1.29, 1.82) is 0 Å². The van der Waals surface area contributed by atoms with Crippen LogP contribution in [0.4, 0.5) is 0 Å². The van der Waals surface area contributed by atoms with Gasteiger partial charge in [0.2, 0.25) is 0 Å². The van der Waals surface area contributed by atoms with Crippen LogP contribution in [0.15, 0.2) is 42.5 Å². The summed E-state index contributed by atoms with van der Waals surface area (Å²) in [4.78, 5) is 24.3. The normalized spacial score (nSPS) is 10.6. The fourth-order valence-electron chi connectivity index (χ4n) is 2.50. The van der Waals surface area contributed by atoms with Gasteiger partial charge in [-0.2, -0.15) is 0 Å². The van der Waals surface area contributed by atoms with E-state index >= 15 is 0 Å². The number of fused-ring (bicyclic) bond motifs is 1. The van der Waals surface area contributed by atoms with Crippen molar-refractivity contribution in [2.45, 2.75) is 26.8 Å². The summed E-state index contributed by atoms with van der Waals surface area (Å²) < 4.78 is 1.75. The number of hydrazine groups is 1. The highest BCUT2D eigenvalue weighted by atomic mass is 16.2. The first-order valence-electron chi connectivity index (χ1n) is 8.15. The van der Waals surface area contributed by atoms with E-state index in [0.29, 0.717) is 23.2 Å². The summed E-state index contributed by atoms with van der Waals surface area (Å²) in [5.41, 5.74) is 8.37. The minimum atomic E-state index is -0.411. The number of nitrogens with one attached hydrogen (secondary N) is 2. The molecule has 0 fully saturated rings. The topological polar surface area (TPSA) is 88.9 Å². The van der Waals surface area contributed by atoms with Gasteiger partial charge in [-0.25, -0.2) is 4.68 Å². The van der Waals surface area contributed by atoms with Gasteiger partial charge < -0.3 is 0 Å². The minimum Gasteiger partial charge on any atom is -0.267 e. The van der Waals surface area contributed by atoms with E-state index in [4.69, 9.17) is 0 Å². The fraction of sp³-hybridized carbons (Fsp3) is 0.222. The zero-order valence-corrected chi connectivity index (χ0v) is 14.1. The second-order valence-electron chi connectivity index (χ2n) is 5.57. The number of nitrogens with zero attached hydrogens (tertiary/aromatic N) is 3. The SMILES string of the molecule is CCc1ccc(C(=O)NNC(=O)c2ccc3c(c2)nnn3CC)cc1. The summed E-state index contributed by atoms with van der Waals surface area (Å²) in [7, 11) is 0. The minimum absolute atomic E-state index is 0.367. The first-order chi connectivity index (χ1) is 12.1. The summed E-state index contributed by atoms with van der Waals surface area (Å²) in [6.45, 7) is 4.72. The zero-order valence-electron chi connectivity index (χ0n) is 14.1. The quantitative estimate of drug-likeness (QED) is 0.714. The number of amides is 2. The third kappa shape index (κ3) is 3.50. The average Bonchev–Trinajstić information content (AvgIpc) is 3.08. The van der Waals surface area contributed by atoms with Crippen LogP contribution in [0.2, 0.25) is 0 Å². The standard InChI is InChI=1S/C18H19N5O2/c1-3-12-5-7-13(8-6-12)17(24)20-21-18(25)14-9-10-16-15(11-14)19-22-23(16)4-2/h5-11H,3-4H2,1-2H3,(H,20,24)(H,21,25). The molecule has 0 aliphatic rings. The highest BCUT2D eigenvalue weighted by molar-refractivity contribution is 6.00. The van der Waals surface area contributed by atoms with Crippen molar-refractivity contribution in [3.63, 3.8) is 0 Å². The second kappa shape index (κ2) is 7.12. The van der Waals surface area contributed by atoms with Gasteiger partial charge in [0.15, 0.2) is 0 Å². The average molecular weight is 337 g/mol. The zero-order chi connectivity index (χ0) is 17.8. The van der Waals surface area contributed by atoms with Gasteiger partial charge in [0.05, 0.1) is 5.52 Å².